The molecule has 0 heterocycles. The first-order valence-corrected chi connectivity index (χ1v) is 4.28. The molecule has 0 amide bonds. The molecule has 0 aromatic heterocycles. The summed E-state index contributed by atoms with van der Waals surface area (Å²) in [7, 11) is 0. The van der Waals surface area contributed by atoms with Crippen molar-refractivity contribution in [1.29, 1.82) is 5.26 Å². The lowest BCUT2D eigenvalue weighted by Crippen LogP contribution is -2.10. The van der Waals surface area contributed by atoms with Gasteiger partial charge in [0.1, 0.15) is 6.07 Å². The average molecular weight is 235 g/mol. The largest absolute Gasteiger partial charge is 0.417 e. The highest BCUT2D eigenvalue weighted by molar-refractivity contribution is 6.32. The Morgan fingerprint density at radius 1 is 1.40 bits per heavy atom. The Bertz CT molecular complexity index is 421. The number of halogens is 4. The number of nitrogens with two attached hydrogens (primary N) is 1. The van der Waals surface area contributed by atoms with Crippen molar-refractivity contribution >= 4 is 11.6 Å². The molecule has 0 fully saturated rings. The van der Waals surface area contributed by atoms with Crippen molar-refractivity contribution in [2.24, 2.45) is 5.73 Å². The van der Waals surface area contributed by atoms with Gasteiger partial charge in [-0.3, -0.25) is 0 Å². The Morgan fingerprint density at radius 3 is 2.40 bits per heavy atom. The maximum absolute atomic E-state index is 12.4. The molecule has 0 spiro atoms. The van der Waals surface area contributed by atoms with Crippen molar-refractivity contribution in [2.45, 2.75) is 12.7 Å². The average Bonchev–Trinajstić information content (AvgIpc) is 2.15. The molecule has 0 radical (unpaired) electrons. The zero-order valence-corrected chi connectivity index (χ0v) is 8.15. The van der Waals surface area contributed by atoms with Crippen LogP contribution in [0.5, 0.6) is 0 Å². The molecule has 2 N–H and O–H groups in total. The van der Waals surface area contributed by atoms with Crippen molar-refractivity contribution in [1.82, 2.24) is 0 Å². The number of benzene rings is 1. The van der Waals surface area contributed by atoms with Gasteiger partial charge in [0.25, 0.3) is 0 Å². The van der Waals surface area contributed by atoms with Crippen LogP contribution in [-0.2, 0) is 12.7 Å². The first-order chi connectivity index (χ1) is 6.91. The van der Waals surface area contributed by atoms with Crippen LogP contribution in [0.15, 0.2) is 12.1 Å². The van der Waals surface area contributed by atoms with Crippen LogP contribution < -0.4 is 5.73 Å². The van der Waals surface area contributed by atoms with Crippen LogP contribution in [0.2, 0.25) is 5.02 Å². The highest BCUT2D eigenvalue weighted by atomic mass is 35.5. The van der Waals surface area contributed by atoms with E-state index in [2.05, 4.69) is 0 Å². The number of rotatable bonds is 1. The monoisotopic (exact) mass is 234 g/mol. The van der Waals surface area contributed by atoms with Gasteiger partial charge in [-0.1, -0.05) is 17.7 Å². The molecule has 1 aromatic rings. The third-order valence-electron chi connectivity index (χ3n) is 1.86. The normalized spacial score (nSPS) is 11.2. The molecule has 0 aliphatic heterocycles. The summed E-state index contributed by atoms with van der Waals surface area (Å²) in [6.07, 6.45) is -4.58. The zero-order valence-electron chi connectivity index (χ0n) is 7.40. The predicted molar refractivity (Wildman–Crippen MR) is 49.1 cm³/mol. The van der Waals surface area contributed by atoms with Crippen LogP contribution in [0.4, 0.5) is 13.2 Å². The maximum atomic E-state index is 12.4. The van der Waals surface area contributed by atoms with E-state index >= 15 is 0 Å². The highest BCUT2D eigenvalue weighted by Gasteiger charge is 2.34. The summed E-state index contributed by atoms with van der Waals surface area (Å²) in [6, 6.07) is 3.42. The Hall–Kier alpha value is -1.25. The van der Waals surface area contributed by atoms with Crippen molar-refractivity contribution in [3.63, 3.8) is 0 Å². The molecule has 15 heavy (non-hydrogen) atoms. The van der Waals surface area contributed by atoms with Gasteiger partial charge in [-0.25, -0.2) is 0 Å². The lowest BCUT2D eigenvalue weighted by Gasteiger charge is -2.11. The minimum atomic E-state index is -4.58. The Balaban J connectivity index is 3.47. The molecule has 0 unspecified atom stereocenters. The summed E-state index contributed by atoms with van der Waals surface area (Å²) in [5.74, 6) is 0. The van der Waals surface area contributed by atoms with Gasteiger partial charge in [-0.15, -0.1) is 0 Å². The summed E-state index contributed by atoms with van der Waals surface area (Å²) in [4.78, 5) is 0. The molecule has 0 atom stereocenters. The van der Waals surface area contributed by atoms with Crippen LogP contribution in [0.1, 0.15) is 16.7 Å². The van der Waals surface area contributed by atoms with Crippen LogP contribution in [0.3, 0.4) is 0 Å². The van der Waals surface area contributed by atoms with Gasteiger partial charge in [0.2, 0.25) is 0 Å². The molecule has 0 aliphatic carbocycles. The topological polar surface area (TPSA) is 49.8 Å². The Morgan fingerprint density at radius 2 is 2.00 bits per heavy atom. The predicted octanol–water partition coefficient (Wildman–Crippen LogP) is 2.69. The first kappa shape index (κ1) is 11.8. The fourth-order valence-corrected chi connectivity index (χ4v) is 1.41. The van der Waals surface area contributed by atoms with E-state index in [0.717, 1.165) is 6.07 Å². The molecule has 0 bridgehead atoms. The zero-order chi connectivity index (χ0) is 11.6. The number of hydrogen-bond acceptors (Lipinski definition) is 2. The summed E-state index contributed by atoms with van der Waals surface area (Å²) in [5.41, 5.74) is 3.97. The maximum Gasteiger partial charge on any atom is 0.417 e. The quantitative estimate of drug-likeness (QED) is 0.812. The summed E-state index contributed by atoms with van der Waals surface area (Å²) in [5, 5.41) is 8.38. The molecule has 0 aliphatic rings. The van der Waals surface area contributed by atoms with E-state index in [4.69, 9.17) is 22.6 Å². The molecule has 0 saturated heterocycles. The van der Waals surface area contributed by atoms with Gasteiger partial charge in [-0.2, -0.15) is 18.4 Å². The number of nitriles is 1. The highest BCUT2D eigenvalue weighted by Crippen LogP contribution is 2.35. The minimum absolute atomic E-state index is 0.00828. The van der Waals surface area contributed by atoms with Gasteiger partial charge in [0.05, 0.1) is 16.1 Å². The number of hydrogen-bond donors (Lipinski definition) is 1. The van der Waals surface area contributed by atoms with E-state index in [1.54, 1.807) is 0 Å². The Labute approximate surface area is 89.1 Å². The molecule has 0 saturated carbocycles. The van der Waals surface area contributed by atoms with Gasteiger partial charge >= 0.3 is 6.18 Å². The fraction of sp³-hybridized carbons (Fsp3) is 0.222. The molecule has 6 heteroatoms. The number of alkyl halides is 3. The SMILES string of the molecule is N#Cc1c(C(F)(F)F)ccc(CN)c1Cl. The standard InChI is InChI=1S/C9H6ClF3N2/c10-8-5(3-14)1-2-7(6(8)4-15)9(11,12)13/h1-2H,3,14H2. The molecular formula is C9H6ClF3N2. The minimum Gasteiger partial charge on any atom is -0.326 e. The van der Waals surface area contributed by atoms with Crippen molar-refractivity contribution in [3.05, 3.63) is 33.8 Å². The second-order valence-corrected chi connectivity index (χ2v) is 3.15. The van der Waals surface area contributed by atoms with E-state index < -0.39 is 17.3 Å². The van der Waals surface area contributed by atoms with Crippen LogP contribution in [-0.4, -0.2) is 0 Å². The van der Waals surface area contributed by atoms with Gasteiger partial charge in [0.15, 0.2) is 0 Å². The van der Waals surface area contributed by atoms with Crippen LogP contribution >= 0.6 is 11.6 Å². The van der Waals surface area contributed by atoms with Crippen molar-refractivity contribution in [3.8, 4) is 6.07 Å². The fourth-order valence-electron chi connectivity index (χ4n) is 1.12. The van der Waals surface area contributed by atoms with Gasteiger partial charge in [-0.05, 0) is 11.6 Å². The smallest absolute Gasteiger partial charge is 0.326 e. The molecule has 2 nitrogen and oxygen atoms in total. The first-order valence-electron chi connectivity index (χ1n) is 3.90. The third-order valence-corrected chi connectivity index (χ3v) is 2.29. The van der Waals surface area contributed by atoms with E-state index in [1.807, 2.05) is 0 Å². The Kier molecular flexibility index (Phi) is 3.22. The van der Waals surface area contributed by atoms with Gasteiger partial charge in [0, 0.05) is 6.54 Å². The second kappa shape index (κ2) is 4.09. The van der Waals surface area contributed by atoms with E-state index in [9.17, 15) is 13.2 Å². The summed E-state index contributed by atoms with van der Waals surface area (Å²) < 4.78 is 37.2. The number of nitrogens with zero attached hydrogens (tertiary/aromatic N) is 1. The lowest BCUT2D eigenvalue weighted by molar-refractivity contribution is -0.137. The lowest BCUT2D eigenvalue weighted by atomic mass is 10.0. The second-order valence-electron chi connectivity index (χ2n) is 2.77. The van der Waals surface area contributed by atoms with Crippen LogP contribution in [0.25, 0.3) is 0 Å². The van der Waals surface area contributed by atoms with E-state index in [1.165, 1.54) is 12.1 Å². The van der Waals surface area contributed by atoms with Crippen molar-refractivity contribution in [2.75, 3.05) is 0 Å². The molecule has 1 aromatic carbocycles. The summed E-state index contributed by atoms with van der Waals surface area (Å²) >= 11 is 5.62. The van der Waals surface area contributed by atoms with Crippen LogP contribution in [0, 0.1) is 11.3 Å². The van der Waals surface area contributed by atoms with Gasteiger partial charge < -0.3 is 5.73 Å². The third kappa shape index (κ3) is 2.22. The molecular weight excluding hydrogens is 229 g/mol. The van der Waals surface area contributed by atoms with E-state index in [-0.39, 0.29) is 11.6 Å². The molecule has 1 rings (SSSR count). The van der Waals surface area contributed by atoms with E-state index in [0.29, 0.717) is 5.56 Å². The van der Waals surface area contributed by atoms with Crippen molar-refractivity contribution < 1.29 is 13.2 Å². The molecule has 80 valence electrons. The summed E-state index contributed by atoms with van der Waals surface area (Å²) in [6.45, 7) is -0.00828.